The average Bonchev–Trinajstić information content (AvgIpc) is 2.75. The fraction of sp³-hybridized carbons (Fsp3) is 0.115. The predicted octanol–water partition coefficient (Wildman–Crippen LogP) is 5.35. The monoisotopic (exact) mass is 462 g/mol. The summed E-state index contributed by atoms with van der Waals surface area (Å²) in [5.74, 6) is -1.81. The van der Waals surface area contributed by atoms with Crippen molar-refractivity contribution in [3.63, 3.8) is 0 Å². The third kappa shape index (κ3) is 4.71. The summed E-state index contributed by atoms with van der Waals surface area (Å²) in [5, 5.41) is 2.63. The van der Waals surface area contributed by atoms with Crippen LogP contribution in [0.5, 0.6) is 0 Å². The van der Waals surface area contributed by atoms with Crippen LogP contribution >= 0.6 is 11.6 Å². The number of carbonyl (C=O) groups excluding carboxylic acids is 3. The van der Waals surface area contributed by atoms with E-state index < -0.39 is 17.8 Å². The lowest BCUT2D eigenvalue weighted by Gasteiger charge is -2.26. The zero-order valence-corrected chi connectivity index (χ0v) is 18.7. The van der Waals surface area contributed by atoms with Gasteiger partial charge in [0.25, 0.3) is 11.8 Å². The second-order valence-corrected chi connectivity index (χ2v) is 8.29. The number of halogens is 2. The Morgan fingerprint density at radius 2 is 1.76 bits per heavy atom. The SMILES string of the molecule is Cc1ccc(N2C(=O)NC(=O)/C(=C\c3ccc(Cc4cccc(F)c4)c(Cl)c3)C2=O)cc1C. The van der Waals surface area contributed by atoms with Gasteiger partial charge in [-0.25, -0.2) is 14.1 Å². The van der Waals surface area contributed by atoms with Crippen LogP contribution in [0.3, 0.4) is 0 Å². The van der Waals surface area contributed by atoms with E-state index in [0.717, 1.165) is 27.2 Å². The molecule has 1 aliphatic heterocycles. The molecule has 0 bridgehead atoms. The number of barbiturate groups is 1. The van der Waals surface area contributed by atoms with Crippen LogP contribution in [-0.4, -0.2) is 17.8 Å². The minimum Gasteiger partial charge on any atom is -0.273 e. The maximum absolute atomic E-state index is 13.5. The molecule has 3 aromatic rings. The first-order valence-electron chi connectivity index (χ1n) is 10.2. The van der Waals surface area contributed by atoms with Crippen molar-refractivity contribution >= 4 is 41.2 Å². The molecule has 166 valence electrons. The highest BCUT2D eigenvalue weighted by Crippen LogP contribution is 2.26. The molecule has 4 rings (SSSR count). The molecule has 7 heteroatoms. The highest BCUT2D eigenvalue weighted by molar-refractivity contribution is 6.39. The van der Waals surface area contributed by atoms with Gasteiger partial charge in [-0.1, -0.05) is 41.9 Å². The summed E-state index contributed by atoms with van der Waals surface area (Å²) < 4.78 is 13.5. The number of benzene rings is 3. The number of anilines is 1. The molecule has 0 atom stereocenters. The molecule has 1 fully saturated rings. The molecule has 0 radical (unpaired) electrons. The van der Waals surface area contributed by atoms with Crippen molar-refractivity contribution in [2.24, 2.45) is 0 Å². The zero-order chi connectivity index (χ0) is 23.7. The molecular weight excluding hydrogens is 443 g/mol. The summed E-state index contributed by atoms with van der Waals surface area (Å²) in [6.45, 7) is 3.80. The van der Waals surface area contributed by atoms with Gasteiger partial charge in [-0.15, -0.1) is 0 Å². The molecule has 0 spiro atoms. The van der Waals surface area contributed by atoms with Crippen molar-refractivity contribution in [3.8, 4) is 0 Å². The Hall–Kier alpha value is -3.77. The highest BCUT2D eigenvalue weighted by Gasteiger charge is 2.36. The van der Waals surface area contributed by atoms with E-state index in [1.54, 1.807) is 42.5 Å². The van der Waals surface area contributed by atoms with E-state index >= 15 is 0 Å². The van der Waals surface area contributed by atoms with E-state index in [2.05, 4.69) is 5.32 Å². The van der Waals surface area contributed by atoms with Crippen molar-refractivity contribution in [3.05, 3.63) is 105 Å². The Morgan fingerprint density at radius 3 is 2.45 bits per heavy atom. The fourth-order valence-electron chi connectivity index (χ4n) is 3.59. The van der Waals surface area contributed by atoms with Gasteiger partial charge in [0.05, 0.1) is 5.69 Å². The molecule has 4 amide bonds. The first-order valence-corrected chi connectivity index (χ1v) is 10.6. The topological polar surface area (TPSA) is 66.5 Å². The first kappa shape index (κ1) is 22.4. The smallest absolute Gasteiger partial charge is 0.273 e. The Kier molecular flexibility index (Phi) is 6.11. The molecule has 0 aromatic heterocycles. The number of nitrogens with zero attached hydrogens (tertiary/aromatic N) is 1. The van der Waals surface area contributed by atoms with E-state index in [1.807, 2.05) is 19.9 Å². The third-order valence-electron chi connectivity index (χ3n) is 5.52. The van der Waals surface area contributed by atoms with Gasteiger partial charge in [0.2, 0.25) is 0 Å². The number of hydrogen-bond acceptors (Lipinski definition) is 3. The van der Waals surface area contributed by atoms with Crippen LogP contribution in [0.1, 0.15) is 27.8 Å². The molecule has 0 saturated carbocycles. The summed E-state index contributed by atoms with van der Waals surface area (Å²) in [5.41, 5.74) is 4.20. The second kappa shape index (κ2) is 9.00. The van der Waals surface area contributed by atoms with E-state index in [-0.39, 0.29) is 11.4 Å². The highest BCUT2D eigenvalue weighted by atomic mass is 35.5. The number of hydrogen-bond donors (Lipinski definition) is 1. The first-order chi connectivity index (χ1) is 15.7. The standard InChI is InChI=1S/C26H20ClFN2O3/c1-15-6-9-21(10-16(15)2)30-25(32)22(24(31)29-26(30)33)13-18-7-8-19(23(27)14-18)11-17-4-3-5-20(28)12-17/h3-10,12-14H,11H2,1-2H3,(H,29,31,33)/b22-13+. The molecule has 1 N–H and O–H groups in total. The largest absolute Gasteiger partial charge is 0.335 e. The fourth-order valence-corrected chi connectivity index (χ4v) is 3.84. The lowest BCUT2D eigenvalue weighted by molar-refractivity contribution is -0.122. The Morgan fingerprint density at radius 1 is 0.970 bits per heavy atom. The quantitative estimate of drug-likeness (QED) is 0.419. The van der Waals surface area contributed by atoms with Gasteiger partial charge in [-0.3, -0.25) is 14.9 Å². The van der Waals surface area contributed by atoms with E-state index in [0.29, 0.717) is 22.7 Å². The number of rotatable bonds is 4. The number of imide groups is 2. The van der Waals surface area contributed by atoms with Crippen molar-refractivity contribution in [2.45, 2.75) is 20.3 Å². The normalized spacial score (nSPS) is 15.2. The van der Waals surface area contributed by atoms with Crippen LogP contribution in [0, 0.1) is 19.7 Å². The van der Waals surface area contributed by atoms with Crippen LogP contribution in [0.25, 0.3) is 6.08 Å². The summed E-state index contributed by atoms with van der Waals surface area (Å²) in [7, 11) is 0. The third-order valence-corrected chi connectivity index (χ3v) is 5.87. The second-order valence-electron chi connectivity index (χ2n) is 7.88. The van der Waals surface area contributed by atoms with Gasteiger partial charge in [-0.05, 0) is 84.5 Å². The minimum absolute atomic E-state index is 0.179. The summed E-state index contributed by atoms with van der Waals surface area (Å²) in [4.78, 5) is 38.9. The molecule has 0 unspecified atom stereocenters. The maximum Gasteiger partial charge on any atom is 0.335 e. The number of amides is 4. The Bertz CT molecular complexity index is 1330. The summed E-state index contributed by atoms with van der Waals surface area (Å²) >= 11 is 6.42. The van der Waals surface area contributed by atoms with Crippen molar-refractivity contribution in [1.29, 1.82) is 0 Å². The molecular formula is C26H20ClFN2O3. The van der Waals surface area contributed by atoms with Crippen LogP contribution in [0.2, 0.25) is 5.02 Å². The van der Waals surface area contributed by atoms with Crippen LogP contribution in [0.15, 0.2) is 66.2 Å². The van der Waals surface area contributed by atoms with Gasteiger partial charge in [-0.2, -0.15) is 0 Å². The lowest BCUT2D eigenvalue weighted by atomic mass is 10.0. The van der Waals surface area contributed by atoms with E-state index in [1.165, 1.54) is 18.2 Å². The minimum atomic E-state index is -0.797. The number of urea groups is 1. The van der Waals surface area contributed by atoms with Gasteiger partial charge >= 0.3 is 6.03 Å². The molecule has 0 aliphatic carbocycles. The van der Waals surface area contributed by atoms with Crippen LogP contribution < -0.4 is 10.2 Å². The maximum atomic E-state index is 13.5. The van der Waals surface area contributed by atoms with Gasteiger partial charge < -0.3 is 0 Å². The molecule has 3 aromatic carbocycles. The number of aryl methyl sites for hydroxylation is 2. The average molecular weight is 463 g/mol. The predicted molar refractivity (Wildman–Crippen MR) is 126 cm³/mol. The van der Waals surface area contributed by atoms with E-state index in [9.17, 15) is 18.8 Å². The van der Waals surface area contributed by atoms with Crippen LogP contribution in [-0.2, 0) is 16.0 Å². The molecule has 33 heavy (non-hydrogen) atoms. The summed E-state index contributed by atoms with van der Waals surface area (Å²) in [6, 6.07) is 15.7. The van der Waals surface area contributed by atoms with Gasteiger partial charge in [0.1, 0.15) is 11.4 Å². The lowest BCUT2D eigenvalue weighted by Crippen LogP contribution is -2.54. The molecule has 1 saturated heterocycles. The molecule has 1 aliphatic rings. The summed E-state index contributed by atoms with van der Waals surface area (Å²) in [6.07, 6.45) is 1.83. The van der Waals surface area contributed by atoms with Gasteiger partial charge in [0, 0.05) is 5.02 Å². The van der Waals surface area contributed by atoms with Crippen molar-refractivity contribution in [2.75, 3.05) is 4.90 Å². The molecule has 5 nitrogen and oxygen atoms in total. The van der Waals surface area contributed by atoms with Crippen molar-refractivity contribution < 1.29 is 18.8 Å². The Labute approximate surface area is 195 Å². The number of carbonyl (C=O) groups is 3. The zero-order valence-electron chi connectivity index (χ0n) is 18.0. The van der Waals surface area contributed by atoms with Crippen molar-refractivity contribution in [1.82, 2.24) is 5.32 Å². The molecule has 1 heterocycles. The van der Waals surface area contributed by atoms with E-state index in [4.69, 9.17) is 11.6 Å². The number of nitrogens with one attached hydrogen (secondary N) is 1. The van der Waals surface area contributed by atoms with Gasteiger partial charge in [0.15, 0.2) is 0 Å². The van der Waals surface area contributed by atoms with Crippen LogP contribution in [0.4, 0.5) is 14.9 Å². The Balaban J connectivity index is 1.63.